The van der Waals surface area contributed by atoms with Gasteiger partial charge < -0.3 is 20.8 Å². The van der Waals surface area contributed by atoms with Gasteiger partial charge >= 0.3 is 0 Å². The minimum atomic E-state index is -1.09. The molecule has 2 aliphatic rings. The van der Waals surface area contributed by atoms with E-state index >= 15 is 0 Å². The molecule has 8 heteroatoms. The zero-order chi connectivity index (χ0) is 31.1. The van der Waals surface area contributed by atoms with Crippen LogP contribution < -0.4 is 10.6 Å². The smallest absolute Gasteiger partial charge is 0.243 e. The molecule has 1 heterocycles. The molecule has 7 atom stereocenters. The van der Waals surface area contributed by atoms with Crippen molar-refractivity contribution < 1.29 is 19.8 Å². The Labute approximate surface area is 265 Å². The molecule has 7 nitrogen and oxygen atoms in total. The molecule has 3 aromatic rings. The van der Waals surface area contributed by atoms with E-state index in [2.05, 4.69) is 39.9 Å². The molecule has 4 N–H and O–H groups in total. The Morgan fingerprint density at radius 3 is 2.07 bits per heavy atom. The van der Waals surface area contributed by atoms with Crippen molar-refractivity contribution in [2.24, 2.45) is 17.8 Å². The van der Waals surface area contributed by atoms with Crippen molar-refractivity contribution in [2.75, 3.05) is 0 Å². The average Bonchev–Trinajstić information content (AvgIpc) is 3.58. The molecule has 1 aromatic heterocycles. The molecule has 0 bridgehead atoms. The summed E-state index contributed by atoms with van der Waals surface area (Å²) in [5, 5.41) is 30.2. The maximum atomic E-state index is 14.0. The second-order valence-electron chi connectivity index (χ2n) is 13.2. The van der Waals surface area contributed by atoms with Gasteiger partial charge in [0.25, 0.3) is 0 Å². The second kappa shape index (κ2) is 15.3. The predicted molar refractivity (Wildman–Crippen MR) is 174 cm³/mol. The maximum Gasteiger partial charge on any atom is 0.243 e. The summed E-state index contributed by atoms with van der Waals surface area (Å²) in [4.78, 5) is 32.4. The zero-order valence-corrected chi connectivity index (χ0v) is 26.7. The zero-order valence-electron chi connectivity index (χ0n) is 25.8. The quantitative estimate of drug-likeness (QED) is 0.189. The first-order chi connectivity index (χ1) is 21.3. The van der Waals surface area contributed by atoms with Gasteiger partial charge in [-0.3, -0.25) is 9.59 Å². The van der Waals surface area contributed by atoms with Gasteiger partial charge in [-0.1, -0.05) is 107 Å². The Morgan fingerprint density at radius 1 is 0.909 bits per heavy atom. The largest absolute Gasteiger partial charge is 0.390 e. The van der Waals surface area contributed by atoms with Crippen LogP contribution >= 0.6 is 11.3 Å². The van der Waals surface area contributed by atoms with E-state index in [9.17, 15) is 19.8 Å². The summed E-state index contributed by atoms with van der Waals surface area (Å²) in [5.74, 6) is -0.185. The van der Waals surface area contributed by atoms with E-state index in [4.69, 9.17) is 0 Å². The average molecular weight is 618 g/mol. The van der Waals surface area contributed by atoms with Gasteiger partial charge in [-0.2, -0.15) is 0 Å². The van der Waals surface area contributed by atoms with Gasteiger partial charge in [0.15, 0.2) is 0 Å². The molecule has 2 aliphatic carbocycles. The molecule has 2 saturated carbocycles. The number of thiazole rings is 1. The molecule has 0 saturated heterocycles. The minimum absolute atomic E-state index is 0.0219. The Kier molecular flexibility index (Phi) is 11.2. The van der Waals surface area contributed by atoms with Crippen LogP contribution in [0.1, 0.15) is 87.4 Å². The highest BCUT2D eigenvalue weighted by molar-refractivity contribution is 7.07. The minimum Gasteiger partial charge on any atom is -0.390 e. The van der Waals surface area contributed by atoms with E-state index in [-0.39, 0.29) is 41.9 Å². The van der Waals surface area contributed by atoms with Gasteiger partial charge in [0, 0.05) is 23.6 Å². The van der Waals surface area contributed by atoms with E-state index in [1.165, 1.54) is 17.8 Å². The highest BCUT2D eigenvalue weighted by atomic mass is 32.1. The van der Waals surface area contributed by atoms with Crippen molar-refractivity contribution in [2.45, 2.75) is 101 Å². The summed E-state index contributed by atoms with van der Waals surface area (Å²) in [7, 11) is 0. The SMILES string of the molecule is CC(C)C[C@H](O)[C@H](O)[C@H](CC1CCCCC1)NC(=O)[C@H](Cc1cscn1)NC(=O)C1[C@@H](c2ccccc2)[C@H]1c1ccccc1. The lowest BCUT2D eigenvalue weighted by molar-refractivity contribution is -0.131. The summed E-state index contributed by atoms with van der Waals surface area (Å²) < 4.78 is 0. The lowest BCUT2D eigenvalue weighted by Gasteiger charge is -2.33. The summed E-state index contributed by atoms with van der Waals surface area (Å²) in [6, 6.07) is 18.7. The fourth-order valence-electron chi connectivity index (χ4n) is 7.08. The number of aliphatic hydroxyl groups excluding tert-OH is 2. The molecule has 236 valence electrons. The fraction of sp³-hybridized carbons (Fsp3) is 0.528. The summed E-state index contributed by atoms with van der Waals surface area (Å²) in [5.41, 5.74) is 4.67. The molecule has 0 aliphatic heterocycles. The van der Waals surface area contributed by atoms with Crippen molar-refractivity contribution in [3.63, 3.8) is 0 Å². The first-order valence-electron chi connectivity index (χ1n) is 16.3. The number of amides is 2. The Morgan fingerprint density at radius 2 is 1.52 bits per heavy atom. The monoisotopic (exact) mass is 617 g/mol. The predicted octanol–water partition coefficient (Wildman–Crippen LogP) is 5.59. The summed E-state index contributed by atoms with van der Waals surface area (Å²) in [6.45, 7) is 4.01. The molecule has 44 heavy (non-hydrogen) atoms. The van der Waals surface area contributed by atoms with Gasteiger partial charge in [0.2, 0.25) is 11.8 Å². The van der Waals surface area contributed by atoms with Crippen LogP contribution in [0.3, 0.4) is 0 Å². The second-order valence-corrected chi connectivity index (χ2v) is 13.9. The van der Waals surface area contributed by atoms with Crippen LogP contribution in [0.25, 0.3) is 0 Å². The third-order valence-electron chi connectivity index (χ3n) is 9.38. The lowest BCUT2D eigenvalue weighted by Crippen LogP contribution is -2.56. The number of aromatic nitrogens is 1. The highest BCUT2D eigenvalue weighted by Gasteiger charge is 2.56. The van der Waals surface area contributed by atoms with E-state index in [1.807, 2.05) is 55.6 Å². The molecular formula is C36H47N3O4S. The number of carbonyl (C=O) groups excluding carboxylic acids is 2. The van der Waals surface area contributed by atoms with Crippen molar-refractivity contribution in [1.82, 2.24) is 15.6 Å². The Hall–Kier alpha value is -3.07. The standard InChI is InChI=1S/C36H47N3O4S/c1-23(2)18-30(40)34(41)28(19-24-12-6-3-7-13-24)38-35(42)29(20-27-21-44-22-37-27)39-36(43)33-31(25-14-8-4-9-15-25)32(33)26-16-10-5-11-17-26/h4-5,8-11,14-17,21-24,28-34,40-41H,3,6-7,12-13,18-20H2,1-2H3,(H,38,42)(H,39,43)/t28-,29-,30-,31-,32+,33?,34+/m0/s1. The van der Waals surface area contributed by atoms with Gasteiger partial charge in [-0.15, -0.1) is 11.3 Å². The molecule has 1 unspecified atom stereocenters. The topological polar surface area (TPSA) is 112 Å². The Balaban J connectivity index is 1.35. The van der Waals surface area contributed by atoms with Crippen molar-refractivity contribution in [1.29, 1.82) is 0 Å². The van der Waals surface area contributed by atoms with Crippen molar-refractivity contribution in [3.05, 3.63) is 88.4 Å². The number of aliphatic hydroxyl groups is 2. The van der Waals surface area contributed by atoms with Crippen LogP contribution in [0.4, 0.5) is 0 Å². The highest BCUT2D eigenvalue weighted by Crippen LogP contribution is 2.60. The molecule has 2 fully saturated rings. The number of benzene rings is 2. The van der Waals surface area contributed by atoms with Crippen LogP contribution in [-0.4, -0.2) is 51.3 Å². The Bertz CT molecular complexity index is 1270. The molecule has 2 aromatic carbocycles. The van der Waals surface area contributed by atoms with Gasteiger partial charge in [-0.25, -0.2) is 4.98 Å². The van der Waals surface area contributed by atoms with Gasteiger partial charge in [0.1, 0.15) is 12.1 Å². The van der Waals surface area contributed by atoms with E-state index in [1.54, 1.807) is 5.51 Å². The summed E-state index contributed by atoms with van der Waals surface area (Å²) >= 11 is 1.45. The number of hydrogen-bond acceptors (Lipinski definition) is 6. The van der Waals surface area contributed by atoms with Crippen LogP contribution in [-0.2, 0) is 16.0 Å². The van der Waals surface area contributed by atoms with Gasteiger partial charge in [-0.05, 0) is 35.8 Å². The van der Waals surface area contributed by atoms with E-state index < -0.39 is 24.3 Å². The van der Waals surface area contributed by atoms with Gasteiger partial charge in [0.05, 0.1) is 29.3 Å². The van der Waals surface area contributed by atoms with E-state index in [0.717, 1.165) is 42.5 Å². The van der Waals surface area contributed by atoms with Crippen LogP contribution in [0.2, 0.25) is 0 Å². The van der Waals surface area contributed by atoms with Crippen molar-refractivity contribution >= 4 is 23.2 Å². The number of hydrogen-bond donors (Lipinski definition) is 4. The molecular weight excluding hydrogens is 570 g/mol. The maximum absolute atomic E-state index is 14.0. The van der Waals surface area contributed by atoms with Crippen LogP contribution in [0, 0.1) is 17.8 Å². The molecule has 5 rings (SSSR count). The third-order valence-corrected chi connectivity index (χ3v) is 10.0. The fourth-order valence-corrected chi connectivity index (χ4v) is 7.65. The normalized spacial score (nSPS) is 23.0. The first kappa shape index (κ1) is 32.3. The summed E-state index contributed by atoms with van der Waals surface area (Å²) in [6.07, 6.45) is 4.88. The molecule has 0 radical (unpaired) electrons. The van der Waals surface area contributed by atoms with Crippen LogP contribution in [0.15, 0.2) is 71.6 Å². The van der Waals surface area contributed by atoms with E-state index in [0.29, 0.717) is 18.8 Å². The number of rotatable bonds is 14. The number of nitrogens with one attached hydrogen (secondary N) is 2. The number of carbonyl (C=O) groups is 2. The molecule has 0 spiro atoms. The van der Waals surface area contributed by atoms with Crippen molar-refractivity contribution in [3.8, 4) is 0 Å². The lowest BCUT2D eigenvalue weighted by atomic mass is 9.82. The molecule has 2 amide bonds. The van der Waals surface area contributed by atoms with Crippen LogP contribution in [0.5, 0.6) is 0 Å². The first-order valence-corrected chi connectivity index (χ1v) is 17.2. The third kappa shape index (κ3) is 8.34. The number of nitrogens with zero attached hydrogens (tertiary/aromatic N) is 1.